The molecule has 0 aliphatic heterocycles. The third kappa shape index (κ3) is 3.26. The lowest BCUT2D eigenvalue weighted by Crippen LogP contribution is -2.53. The predicted octanol–water partition coefficient (Wildman–Crippen LogP) is 4.57. The van der Waals surface area contributed by atoms with Gasteiger partial charge in [-0.25, -0.2) is 0 Å². The molecule has 2 rings (SSSR count). The van der Waals surface area contributed by atoms with Crippen molar-refractivity contribution in [2.45, 2.75) is 65.7 Å². The van der Waals surface area contributed by atoms with Gasteiger partial charge in [0.25, 0.3) is 0 Å². The summed E-state index contributed by atoms with van der Waals surface area (Å²) in [6.45, 7) is 10.7. The number of fused-ring (bicyclic) bond motifs is 1. The van der Waals surface area contributed by atoms with E-state index in [9.17, 15) is 9.90 Å². The predicted molar refractivity (Wildman–Crippen MR) is 93.1 cm³/mol. The second-order valence-corrected chi connectivity index (χ2v) is 8.16. The summed E-state index contributed by atoms with van der Waals surface area (Å²) >= 11 is 0. The van der Waals surface area contributed by atoms with Gasteiger partial charge in [0.05, 0.1) is 12.0 Å². The molecule has 0 aromatic heterocycles. The maximum absolute atomic E-state index is 12.0. The fraction of sp³-hybridized carbons (Fsp3) is 0.750. The van der Waals surface area contributed by atoms with E-state index in [1.807, 2.05) is 13.0 Å². The molecule has 0 unspecified atom stereocenters. The van der Waals surface area contributed by atoms with Crippen LogP contribution in [0.4, 0.5) is 0 Å². The number of allylic oxidation sites excluding steroid dienone is 2. The SMILES string of the molecule is C=C1CC[C@H]2[C@](C)(CCC[C@@]2(C)C(=O)O)[C@H]1CC/C(C)=C\CO. The normalized spacial score (nSPS) is 38.3. The number of hydrogen-bond acceptors (Lipinski definition) is 2. The van der Waals surface area contributed by atoms with Gasteiger partial charge in [-0.15, -0.1) is 0 Å². The molecule has 3 heteroatoms. The quantitative estimate of drug-likeness (QED) is 0.730. The van der Waals surface area contributed by atoms with Crippen molar-refractivity contribution in [3.05, 3.63) is 23.8 Å². The first kappa shape index (κ1) is 18.3. The maximum Gasteiger partial charge on any atom is 0.309 e. The summed E-state index contributed by atoms with van der Waals surface area (Å²) in [5.74, 6) is -0.00260. The maximum atomic E-state index is 12.0. The Hall–Kier alpha value is -1.09. The molecule has 0 radical (unpaired) electrons. The Kier molecular flexibility index (Phi) is 5.40. The number of aliphatic hydroxyl groups excluding tert-OH is 1. The topological polar surface area (TPSA) is 57.5 Å². The number of carboxylic acid groups (broad SMARTS) is 1. The molecule has 2 aliphatic carbocycles. The third-order valence-electron chi connectivity index (χ3n) is 6.78. The average molecular weight is 320 g/mol. The minimum Gasteiger partial charge on any atom is -0.481 e. The molecule has 3 nitrogen and oxygen atoms in total. The second-order valence-electron chi connectivity index (χ2n) is 8.16. The van der Waals surface area contributed by atoms with Crippen LogP contribution in [0.2, 0.25) is 0 Å². The first-order valence-corrected chi connectivity index (χ1v) is 8.93. The van der Waals surface area contributed by atoms with Gasteiger partial charge in [0.15, 0.2) is 0 Å². The third-order valence-corrected chi connectivity index (χ3v) is 6.78. The molecule has 23 heavy (non-hydrogen) atoms. The largest absolute Gasteiger partial charge is 0.481 e. The summed E-state index contributed by atoms with van der Waals surface area (Å²) in [5.41, 5.74) is 1.96. The highest BCUT2D eigenvalue weighted by atomic mass is 16.4. The lowest BCUT2D eigenvalue weighted by Gasteiger charge is -2.57. The van der Waals surface area contributed by atoms with Gasteiger partial charge >= 0.3 is 5.97 Å². The fourth-order valence-corrected chi connectivity index (χ4v) is 5.37. The lowest BCUT2D eigenvalue weighted by atomic mass is 9.46. The van der Waals surface area contributed by atoms with E-state index in [4.69, 9.17) is 5.11 Å². The highest BCUT2D eigenvalue weighted by Crippen LogP contribution is 2.62. The molecule has 0 aromatic carbocycles. The number of hydrogen-bond donors (Lipinski definition) is 2. The molecular weight excluding hydrogens is 288 g/mol. The molecule has 0 aromatic rings. The van der Waals surface area contributed by atoms with Gasteiger partial charge in [0, 0.05) is 0 Å². The van der Waals surface area contributed by atoms with Crippen LogP contribution < -0.4 is 0 Å². The molecule has 4 atom stereocenters. The van der Waals surface area contributed by atoms with Crippen molar-refractivity contribution < 1.29 is 15.0 Å². The van der Waals surface area contributed by atoms with Crippen molar-refractivity contribution in [3.63, 3.8) is 0 Å². The Morgan fingerprint density at radius 3 is 2.70 bits per heavy atom. The number of rotatable bonds is 5. The van der Waals surface area contributed by atoms with Crippen molar-refractivity contribution in [1.29, 1.82) is 0 Å². The van der Waals surface area contributed by atoms with Crippen LogP contribution in [-0.4, -0.2) is 22.8 Å². The molecule has 0 saturated heterocycles. The summed E-state index contributed by atoms with van der Waals surface area (Å²) in [7, 11) is 0. The number of aliphatic carboxylic acids is 1. The Balaban J connectivity index is 2.26. The standard InChI is InChI=1S/C20H32O3/c1-14(10-13-21)6-8-16-15(2)7-9-17-19(16,3)11-5-12-20(17,4)18(22)23/h10,16-17,21H,2,5-9,11-13H2,1,3-4H3,(H,22,23)/b14-10-/t16-,17-,19+,20+/m0/s1. The Morgan fingerprint density at radius 1 is 1.39 bits per heavy atom. The summed E-state index contributed by atoms with van der Waals surface area (Å²) in [4.78, 5) is 12.0. The van der Waals surface area contributed by atoms with Gasteiger partial charge in [-0.1, -0.05) is 37.1 Å². The first-order valence-electron chi connectivity index (χ1n) is 8.93. The lowest BCUT2D eigenvalue weighted by molar-refractivity contribution is -0.164. The van der Waals surface area contributed by atoms with Crippen molar-refractivity contribution in [3.8, 4) is 0 Å². The van der Waals surface area contributed by atoms with Crippen LogP contribution in [0, 0.1) is 22.7 Å². The van der Waals surface area contributed by atoms with Gasteiger partial charge < -0.3 is 10.2 Å². The summed E-state index contributed by atoms with van der Waals surface area (Å²) in [6, 6.07) is 0. The van der Waals surface area contributed by atoms with E-state index in [0.717, 1.165) is 44.9 Å². The highest BCUT2D eigenvalue weighted by molar-refractivity contribution is 5.75. The molecule has 0 spiro atoms. The van der Waals surface area contributed by atoms with Gasteiger partial charge in [0.1, 0.15) is 0 Å². The Morgan fingerprint density at radius 2 is 2.09 bits per heavy atom. The van der Waals surface area contributed by atoms with Crippen LogP contribution in [0.25, 0.3) is 0 Å². The molecule has 0 heterocycles. The van der Waals surface area contributed by atoms with E-state index in [2.05, 4.69) is 20.4 Å². The summed E-state index contributed by atoms with van der Waals surface area (Å²) < 4.78 is 0. The van der Waals surface area contributed by atoms with Gasteiger partial charge in [0.2, 0.25) is 0 Å². The van der Waals surface area contributed by atoms with E-state index >= 15 is 0 Å². The first-order chi connectivity index (χ1) is 10.8. The molecular formula is C20H32O3. The van der Waals surface area contributed by atoms with E-state index in [1.165, 1.54) is 11.1 Å². The van der Waals surface area contributed by atoms with Crippen LogP contribution >= 0.6 is 0 Å². The molecule has 2 saturated carbocycles. The monoisotopic (exact) mass is 320 g/mol. The molecule has 2 aliphatic rings. The highest BCUT2D eigenvalue weighted by Gasteiger charge is 2.57. The van der Waals surface area contributed by atoms with E-state index in [0.29, 0.717) is 5.92 Å². The van der Waals surface area contributed by atoms with Gasteiger partial charge in [-0.3, -0.25) is 4.79 Å². The zero-order valence-corrected chi connectivity index (χ0v) is 14.9. The van der Waals surface area contributed by atoms with E-state index < -0.39 is 11.4 Å². The van der Waals surface area contributed by atoms with Crippen LogP contribution in [0.1, 0.15) is 65.7 Å². The second kappa shape index (κ2) is 6.80. The van der Waals surface area contributed by atoms with Crippen molar-refractivity contribution >= 4 is 5.97 Å². The molecule has 0 amide bonds. The molecule has 2 N–H and O–H groups in total. The van der Waals surface area contributed by atoms with Gasteiger partial charge in [-0.2, -0.15) is 0 Å². The minimum atomic E-state index is -0.629. The van der Waals surface area contributed by atoms with Crippen LogP contribution in [0.5, 0.6) is 0 Å². The van der Waals surface area contributed by atoms with Crippen molar-refractivity contribution in [2.75, 3.05) is 6.61 Å². The Labute approximate surface area is 140 Å². The van der Waals surface area contributed by atoms with Crippen LogP contribution in [0.15, 0.2) is 23.8 Å². The summed E-state index contributed by atoms with van der Waals surface area (Å²) in [5, 5.41) is 18.9. The zero-order valence-electron chi connectivity index (χ0n) is 14.9. The molecule has 2 fully saturated rings. The van der Waals surface area contributed by atoms with E-state index in [1.54, 1.807) is 0 Å². The van der Waals surface area contributed by atoms with Crippen molar-refractivity contribution in [2.24, 2.45) is 22.7 Å². The number of carboxylic acids is 1. The van der Waals surface area contributed by atoms with Gasteiger partial charge in [-0.05, 0) is 69.6 Å². The fourth-order valence-electron chi connectivity index (χ4n) is 5.37. The van der Waals surface area contributed by atoms with Crippen molar-refractivity contribution in [1.82, 2.24) is 0 Å². The Bertz CT molecular complexity index is 507. The zero-order chi connectivity index (χ0) is 17.3. The minimum absolute atomic E-state index is 0.0419. The molecule has 130 valence electrons. The molecule has 0 bridgehead atoms. The van der Waals surface area contributed by atoms with Crippen LogP contribution in [-0.2, 0) is 4.79 Å². The smallest absolute Gasteiger partial charge is 0.309 e. The van der Waals surface area contributed by atoms with Crippen LogP contribution in [0.3, 0.4) is 0 Å². The average Bonchev–Trinajstić information content (AvgIpc) is 2.46. The number of aliphatic hydroxyl groups is 1. The summed E-state index contributed by atoms with van der Waals surface area (Å²) in [6.07, 6.45) is 8.65. The van der Waals surface area contributed by atoms with E-state index in [-0.39, 0.29) is 17.9 Å². The number of carbonyl (C=O) groups is 1.